The van der Waals surface area contributed by atoms with Crippen LogP contribution in [-0.4, -0.2) is 88.4 Å². The van der Waals surface area contributed by atoms with E-state index in [1.165, 1.54) is 17.1 Å². The maximum absolute atomic E-state index is 13.4. The summed E-state index contributed by atoms with van der Waals surface area (Å²) < 4.78 is 51.6. The Hall–Kier alpha value is -2.27. The normalized spacial score (nSPS) is 22.5. The molecule has 2 heterocycles. The van der Waals surface area contributed by atoms with Gasteiger partial charge in [0.15, 0.2) is 9.84 Å². The van der Waals surface area contributed by atoms with Crippen LogP contribution in [0.5, 0.6) is 0 Å². The lowest BCUT2D eigenvalue weighted by molar-refractivity contribution is -0.138. The van der Waals surface area contributed by atoms with Gasteiger partial charge in [-0.2, -0.15) is 4.31 Å². The van der Waals surface area contributed by atoms with Gasteiger partial charge in [0.2, 0.25) is 15.9 Å². The molecule has 3 aliphatic rings. The number of piperidine rings is 1. The molecule has 1 atom stereocenters. The molecule has 0 unspecified atom stereocenters. The molecule has 0 spiro atoms. The molecule has 8 nitrogen and oxygen atoms in total. The molecule has 0 radical (unpaired) electrons. The van der Waals surface area contributed by atoms with E-state index in [1.807, 2.05) is 4.90 Å². The molecule has 3 fully saturated rings. The number of sulfonamides is 1. The first kappa shape index (κ1) is 25.4. The lowest BCUT2D eigenvalue weighted by Gasteiger charge is -2.38. The zero-order valence-electron chi connectivity index (χ0n) is 20.5. The van der Waals surface area contributed by atoms with Gasteiger partial charge in [0.1, 0.15) is 0 Å². The Balaban J connectivity index is 1.24. The largest absolute Gasteiger partial charge is 0.340 e. The quantitative estimate of drug-likeness (QED) is 0.568. The van der Waals surface area contributed by atoms with Gasteiger partial charge in [-0.05, 0) is 61.1 Å². The molecule has 0 bridgehead atoms. The first-order valence-corrected chi connectivity index (χ1v) is 15.9. The fourth-order valence-electron chi connectivity index (χ4n) is 5.23. The van der Waals surface area contributed by atoms with Crippen LogP contribution in [0.3, 0.4) is 0 Å². The number of piperazine rings is 1. The molecule has 2 aliphatic heterocycles. The van der Waals surface area contributed by atoms with E-state index in [9.17, 15) is 21.6 Å². The third kappa shape index (κ3) is 5.37. The van der Waals surface area contributed by atoms with Crippen LogP contribution in [0.2, 0.25) is 0 Å². The Morgan fingerprint density at radius 3 is 1.83 bits per heavy atom. The van der Waals surface area contributed by atoms with E-state index in [4.69, 9.17) is 0 Å². The van der Waals surface area contributed by atoms with Gasteiger partial charge in [0.25, 0.3) is 0 Å². The van der Waals surface area contributed by atoms with Gasteiger partial charge in [0, 0.05) is 51.6 Å². The number of carbonyl (C=O) groups is 1. The fraction of sp³-hybridized carbons (Fsp3) is 0.500. The van der Waals surface area contributed by atoms with Crippen molar-refractivity contribution < 1.29 is 21.6 Å². The zero-order chi connectivity index (χ0) is 25.5. The Bertz CT molecular complexity index is 1310. The second kappa shape index (κ2) is 9.89. The van der Waals surface area contributed by atoms with E-state index in [2.05, 4.69) is 4.90 Å². The zero-order valence-corrected chi connectivity index (χ0v) is 22.2. The number of hydrogen-bond acceptors (Lipinski definition) is 6. The SMILES string of the molecule is CS(=O)(=O)c1ccc(-c2ccc(S(=O)(=O)N3CCC[C@@H](C(=O)N4CCN(C5CC5)CC4)C3)cc2)cc1. The molecule has 1 amide bonds. The summed E-state index contributed by atoms with van der Waals surface area (Å²) in [5, 5.41) is 0. The molecule has 1 saturated carbocycles. The van der Waals surface area contributed by atoms with Crippen LogP contribution in [0.4, 0.5) is 0 Å². The molecular formula is C26H33N3O5S2. The predicted octanol–water partition coefficient (Wildman–Crippen LogP) is 2.46. The predicted molar refractivity (Wildman–Crippen MR) is 138 cm³/mol. The van der Waals surface area contributed by atoms with Gasteiger partial charge < -0.3 is 4.90 Å². The third-order valence-electron chi connectivity index (χ3n) is 7.53. The van der Waals surface area contributed by atoms with Gasteiger partial charge in [-0.3, -0.25) is 9.69 Å². The summed E-state index contributed by atoms with van der Waals surface area (Å²) in [6.45, 7) is 3.91. The maximum atomic E-state index is 13.4. The number of benzene rings is 2. The first-order chi connectivity index (χ1) is 17.1. The van der Waals surface area contributed by atoms with Crippen LogP contribution >= 0.6 is 0 Å². The first-order valence-electron chi connectivity index (χ1n) is 12.6. The molecule has 5 rings (SSSR count). The second-order valence-electron chi connectivity index (χ2n) is 10.1. The molecule has 0 aromatic heterocycles. The number of carbonyl (C=O) groups excluding carboxylic acids is 1. The number of hydrogen-bond donors (Lipinski definition) is 0. The van der Waals surface area contributed by atoms with Crippen molar-refractivity contribution in [1.29, 1.82) is 0 Å². The van der Waals surface area contributed by atoms with E-state index in [0.717, 1.165) is 50.0 Å². The van der Waals surface area contributed by atoms with Crippen molar-refractivity contribution in [3.63, 3.8) is 0 Å². The summed E-state index contributed by atoms with van der Waals surface area (Å²) in [6.07, 6.45) is 5.08. The lowest BCUT2D eigenvalue weighted by atomic mass is 9.98. The van der Waals surface area contributed by atoms with Crippen molar-refractivity contribution in [2.45, 2.75) is 41.5 Å². The average molecular weight is 532 g/mol. The Kier molecular flexibility index (Phi) is 6.97. The minimum Gasteiger partial charge on any atom is -0.340 e. The minimum absolute atomic E-state index is 0.0817. The maximum Gasteiger partial charge on any atom is 0.243 e. The standard InChI is InChI=1S/C26H33N3O5S2/c1-35(31,32)24-10-4-20(5-11-24)21-6-12-25(13-7-21)36(33,34)29-14-2-3-22(19-29)26(30)28-17-15-27(16-18-28)23-8-9-23/h4-7,10-13,22-23H,2-3,8-9,14-19H2,1H3/t22-/m1/s1. The highest BCUT2D eigenvalue weighted by Gasteiger charge is 2.37. The molecule has 194 valence electrons. The summed E-state index contributed by atoms with van der Waals surface area (Å²) in [7, 11) is -7.00. The Morgan fingerprint density at radius 2 is 1.31 bits per heavy atom. The average Bonchev–Trinajstić information content (AvgIpc) is 3.74. The van der Waals surface area contributed by atoms with Crippen LogP contribution in [0.15, 0.2) is 58.3 Å². The molecule has 2 saturated heterocycles. The number of nitrogens with zero attached hydrogens (tertiary/aromatic N) is 3. The molecule has 2 aromatic carbocycles. The van der Waals surface area contributed by atoms with Crippen molar-refractivity contribution >= 4 is 25.8 Å². The van der Waals surface area contributed by atoms with Crippen molar-refractivity contribution in [3.8, 4) is 11.1 Å². The van der Waals surface area contributed by atoms with Gasteiger partial charge in [0.05, 0.1) is 15.7 Å². The summed E-state index contributed by atoms with van der Waals surface area (Å²) in [6, 6.07) is 13.8. The van der Waals surface area contributed by atoms with Crippen molar-refractivity contribution in [3.05, 3.63) is 48.5 Å². The molecule has 36 heavy (non-hydrogen) atoms. The van der Waals surface area contributed by atoms with Crippen LogP contribution in [0, 0.1) is 5.92 Å². The molecular weight excluding hydrogens is 498 g/mol. The highest BCUT2D eigenvalue weighted by Crippen LogP contribution is 2.30. The minimum atomic E-state index is -3.72. The van der Waals surface area contributed by atoms with E-state index < -0.39 is 19.9 Å². The summed E-state index contributed by atoms with van der Waals surface area (Å²) >= 11 is 0. The van der Waals surface area contributed by atoms with Crippen molar-refractivity contribution in [2.75, 3.05) is 45.5 Å². The number of sulfone groups is 1. The molecule has 2 aromatic rings. The van der Waals surface area contributed by atoms with Gasteiger partial charge in [-0.15, -0.1) is 0 Å². The van der Waals surface area contributed by atoms with E-state index >= 15 is 0 Å². The summed E-state index contributed by atoms with van der Waals surface area (Å²) in [5.41, 5.74) is 1.60. The van der Waals surface area contributed by atoms with Crippen molar-refractivity contribution in [1.82, 2.24) is 14.1 Å². The van der Waals surface area contributed by atoms with Gasteiger partial charge >= 0.3 is 0 Å². The second-order valence-corrected chi connectivity index (χ2v) is 14.1. The Morgan fingerprint density at radius 1 is 0.750 bits per heavy atom. The van der Waals surface area contributed by atoms with E-state index in [-0.39, 0.29) is 28.2 Å². The topological polar surface area (TPSA) is 95.1 Å². The van der Waals surface area contributed by atoms with Crippen LogP contribution in [0.25, 0.3) is 11.1 Å². The summed E-state index contributed by atoms with van der Waals surface area (Å²) in [4.78, 5) is 18.0. The van der Waals surface area contributed by atoms with Crippen molar-refractivity contribution in [2.24, 2.45) is 5.92 Å². The smallest absolute Gasteiger partial charge is 0.243 e. The van der Waals surface area contributed by atoms with E-state index in [0.29, 0.717) is 19.0 Å². The van der Waals surface area contributed by atoms with Crippen LogP contribution < -0.4 is 0 Å². The number of rotatable bonds is 6. The molecule has 1 aliphatic carbocycles. The lowest BCUT2D eigenvalue weighted by Crippen LogP contribution is -2.53. The molecule has 0 N–H and O–H groups in total. The van der Waals surface area contributed by atoms with E-state index in [1.54, 1.807) is 48.5 Å². The Labute approximate surface area is 213 Å². The molecule has 10 heteroatoms. The van der Waals surface area contributed by atoms with Gasteiger partial charge in [-0.1, -0.05) is 24.3 Å². The van der Waals surface area contributed by atoms with Gasteiger partial charge in [-0.25, -0.2) is 16.8 Å². The van der Waals surface area contributed by atoms with Crippen LogP contribution in [-0.2, 0) is 24.7 Å². The number of amides is 1. The van der Waals surface area contributed by atoms with Crippen LogP contribution in [0.1, 0.15) is 25.7 Å². The highest BCUT2D eigenvalue weighted by molar-refractivity contribution is 7.90. The fourth-order valence-corrected chi connectivity index (χ4v) is 7.38. The highest BCUT2D eigenvalue weighted by atomic mass is 32.2. The third-order valence-corrected chi connectivity index (χ3v) is 10.5. The summed E-state index contributed by atoms with van der Waals surface area (Å²) in [5.74, 6) is -0.216. The monoisotopic (exact) mass is 531 g/mol.